The summed E-state index contributed by atoms with van der Waals surface area (Å²) < 4.78 is 13.3. The van der Waals surface area contributed by atoms with Gasteiger partial charge in [-0.15, -0.1) is 17.9 Å². The number of hydrogen-bond donors (Lipinski definition) is 1. The SMILES string of the molecule is C=CCN1C(=O)NC(c2ccc(F)cc2)C2=C1CN(CCc1cccs1)C2=O. The van der Waals surface area contributed by atoms with Crippen LogP contribution in [0.1, 0.15) is 16.5 Å². The molecule has 2 aromatic rings. The number of amides is 3. The number of halogens is 1. The van der Waals surface area contributed by atoms with E-state index < -0.39 is 6.04 Å². The van der Waals surface area contributed by atoms with Gasteiger partial charge < -0.3 is 10.2 Å². The lowest BCUT2D eigenvalue weighted by molar-refractivity contribution is -0.125. The third-order valence-corrected chi connectivity index (χ3v) is 5.96. The summed E-state index contributed by atoms with van der Waals surface area (Å²) in [5.74, 6) is -0.446. The number of hydrogen-bond acceptors (Lipinski definition) is 3. The fraction of sp³-hybridized carbons (Fsp3) is 0.238. The van der Waals surface area contributed by atoms with Gasteiger partial charge in [-0.05, 0) is 35.6 Å². The summed E-state index contributed by atoms with van der Waals surface area (Å²) >= 11 is 1.66. The molecule has 0 radical (unpaired) electrons. The molecule has 2 aliphatic rings. The van der Waals surface area contributed by atoms with Crippen molar-refractivity contribution in [1.29, 1.82) is 0 Å². The third kappa shape index (κ3) is 3.33. The van der Waals surface area contributed by atoms with Gasteiger partial charge in [-0.1, -0.05) is 24.3 Å². The summed E-state index contributed by atoms with van der Waals surface area (Å²) in [6, 6.07) is 9.08. The number of carbonyl (C=O) groups is 2. The molecule has 0 fully saturated rings. The normalized spacial score (nSPS) is 19.1. The third-order valence-electron chi connectivity index (χ3n) is 5.02. The molecule has 0 saturated carbocycles. The minimum Gasteiger partial charge on any atom is -0.333 e. The van der Waals surface area contributed by atoms with Crippen molar-refractivity contribution in [2.45, 2.75) is 12.5 Å². The average molecular weight is 397 g/mol. The van der Waals surface area contributed by atoms with Crippen molar-refractivity contribution in [3.63, 3.8) is 0 Å². The number of urea groups is 1. The first-order valence-corrected chi connectivity index (χ1v) is 9.95. The molecule has 0 saturated heterocycles. The Hall–Kier alpha value is -2.93. The van der Waals surface area contributed by atoms with Gasteiger partial charge in [-0.25, -0.2) is 9.18 Å². The van der Waals surface area contributed by atoms with Gasteiger partial charge in [-0.3, -0.25) is 9.69 Å². The van der Waals surface area contributed by atoms with Gasteiger partial charge in [0.05, 0.1) is 23.9 Å². The van der Waals surface area contributed by atoms with Crippen LogP contribution in [0.5, 0.6) is 0 Å². The fourth-order valence-electron chi connectivity index (χ4n) is 3.66. The Morgan fingerprint density at radius 1 is 1.25 bits per heavy atom. The zero-order valence-electron chi connectivity index (χ0n) is 15.2. The maximum Gasteiger partial charge on any atom is 0.322 e. The van der Waals surface area contributed by atoms with E-state index in [1.807, 2.05) is 11.4 Å². The molecule has 5 nitrogen and oxygen atoms in total. The lowest BCUT2D eigenvalue weighted by Gasteiger charge is -2.33. The largest absolute Gasteiger partial charge is 0.333 e. The van der Waals surface area contributed by atoms with Crippen molar-refractivity contribution in [2.75, 3.05) is 19.6 Å². The number of nitrogens with zero attached hydrogens (tertiary/aromatic N) is 2. The highest BCUT2D eigenvalue weighted by Crippen LogP contribution is 2.36. The van der Waals surface area contributed by atoms with Gasteiger partial charge in [0, 0.05) is 18.0 Å². The average Bonchev–Trinajstić information content (AvgIpc) is 3.31. The van der Waals surface area contributed by atoms with E-state index >= 15 is 0 Å². The van der Waals surface area contributed by atoms with Crippen LogP contribution in [0.15, 0.2) is 65.7 Å². The minimum absolute atomic E-state index is 0.0880. The summed E-state index contributed by atoms with van der Waals surface area (Å²) in [5.41, 5.74) is 1.95. The molecule has 1 aromatic carbocycles. The Morgan fingerprint density at radius 3 is 2.71 bits per heavy atom. The predicted molar refractivity (Wildman–Crippen MR) is 106 cm³/mol. The topological polar surface area (TPSA) is 52.7 Å². The van der Waals surface area contributed by atoms with Gasteiger partial charge in [-0.2, -0.15) is 0 Å². The van der Waals surface area contributed by atoms with Crippen LogP contribution in [-0.4, -0.2) is 41.4 Å². The molecule has 0 spiro atoms. The Bertz CT molecular complexity index is 937. The Kier molecular flexibility index (Phi) is 5.00. The number of thiophene rings is 1. The molecule has 0 aliphatic carbocycles. The standard InChI is InChI=1S/C21H20FN3O2S/c1-2-10-25-17-13-24(11-9-16-4-3-12-28-16)20(26)18(17)19(23-21(25)27)14-5-7-15(22)8-6-14/h2-8,12,19H,1,9-11,13H2,(H,23,27). The monoisotopic (exact) mass is 397 g/mol. The van der Waals surface area contributed by atoms with Crippen LogP contribution >= 0.6 is 11.3 Å². The summed E-state index contributed by atoms with van der Waals surface area (Å²) in [6.07, 6.45) is 2.41. The molecule has 1 unspecified atom stereocenters. The first kappa shape index (κ1) is 18.4. The van der Waals surface area contributed by atoms with Crippen LogP contribution in [0.4, 0.5) is 9.18 Å². The molecule has 7 heteroatoms. The number of rotatable bonds is 6. The number of nitrogens with one attached hydrogen (secondary N) is 1. The van der Waals surface area contributed by atoms with Crippen molar-refractivity contribution >= 4 is 23.3 Å². The first-order chi connectivity index (χ1) is 13.6. The second-order valence-corrected chi connectivity index (χ2v) is 7.78. The summed E-state index contributed by atoms with van der Waals surface area (Å²) in [5, 5.41) is 4.91. The molecule has 4 rings (SSSR count). The van der Waals surface area contributed by atoms with Crippen molar-refractivity contribution in [1.82, 2.24) is 15.1 Å². The maximum atomic E-state index is 13.3. The zero-order valence-corrected chi connectivity index (χ0v) is 16.0. The molecule has 3 heterocycles. The lowest BCUT2D eigenvalue weighted by atomic mass is 9.95. The van der Waals surface area contributed by atoms with Gasteiger partial charge in [0.2, 0.25) is 0 Å². The van der Waals surface area contributed by atoms with E-state index in [4.69, 9.17) is 0 Å². The van der Waals surface area contributed by atoms with Crippen LogP contribution in [0.3, 0.4) is 0 Å². The minimum atomic E-state index is -0.580. The predicted octanol–water partition coefficient (Wildman–Crippen LogP) is 3.48. The van der Waals surface area contributed by atoms with Crippen LogP contribution in [-0.2, 0) is 11.2 Å². The molecule has 3 amide bonds. The van der Waals surface area contributed by atoms with Gasteiger partial charge >= 0.3 is 6.03 Å². The molecule has 144 valence electrons. The van der Waals surface area contributed by atoms with Crippen LogP contribution < -0.4 is 5.32 Å². The summed E-state index contributed by atoms with van der Waals surface area (Å²) in [6.45, 7) is 5.01. The molecular formula is C21H20FN3O2S. The molecule has 1 atom stereocenters. The highest BCUT2D eigenvalue weighted by Gasteiger charge is 2.43. The second-order valence-electron chi connectivity index (χ2n) is 6.75. The van der Waals surface area contributed by atoms with Gasteiger partial charge in [0.1, 0.15) is 5.82 Å². The van der Waals surface area contributed by atoms with E-state index in [9.17, 15) is 14.0 Å². The van der Waals surface area contributed by atoms with Crippen LogP contribution in [0.2, 0.25) is 0 Å². The molecule has 1 N–H and O–H groups in total. The van der Waals surface area contributed by atoms with E-state index in [-0.39, 0.29) is 17.8 Å². The first-order valence-electron chi connectivity index (χ1n) is 9.07. The van der Waals surface area contributed by atoms with Crippen LogP contribution in [0.25, 0.3) is 0 Å². The van der Waals surface area contributed by atoms with E-state index in [2.05, 4.69) is 18.0 Å². The van der Waals surface area contributed by atoms with E-state index in [0.717, 1.165) is 6.42 Å². The van der Waals surface area contributed by atoms with E-state index in [0.29, 0.717) is 36.5 Å². The fourth-order valence-corrected chi connectivity index (χ4v) is 4.35. The molecule has 2 aliphatic heterocycles. The Labute approximate surface area is 166 Å². The van der Waals surface area contributed by atoms with Crippen molar-refractivity contribution in [3.05, 3.63) is 82.0 Å². The lowest BCUT2D eigenvalue weighted by Crippen LogP contribution is -2.47. The quantitative estimate of drug-likeness (QED) is 0.759. The van der Waals surface area contributed by atoms with Crippen LogP contribution in [0, 0.1) is 5.82 Å². The Morgan fingerprint density at radius 2 is 2.04 bits per heavy atom. The summed E-state index contributed by atoms with van der Waals surface area (Å²) in [4.78, 5) is 30.4. The Balaban J connectivity index is 1.64. The second kappa shape index (κ2) is 7.59. The van der Waals surface area contributed by atoms with E-state index in [1.54, 1.807) is 39.3 Å². The van der Waals surface area contributed by atoms with Gasteiger partial charge in [0.25, 0.3) is 5.91 Å². The van der Waals surface area contributed by atoms with Gasteiger partial charge in [0.15, 0.2) is 0 Å². The molecule has 28 heavy (non-hydrogen) atoms. The van der Waals surface area contributed by atoms with E-state index in [1.165, 1.54) is 17.0 Å². The van der Waals surface area contributed by atoms with Crippen molar-refractivity contribution in [3.8, 4) is 0 Å². The highest BCUT2D eigenvalue weighted by molar-refractivity contribution is 7.09. The molecular weight excluding hydrogens is 377 g/mol. The van der Waals surface area contributed by atoms with Crippen molar-refractivity contribution in [2.24, 2.45) is 0 Å². The maximum absolute atomic E-state index is 13.3. The van der Waals surface area contributed by atoms with Crippen molar-refractivity contribution < 1.29 is 14.0 Å². The highest BCUT2D eigenvalue weighted by atomic mass is 32.1. The summed E-state index contributed by atoms with van der Waals surface area (Å²) in [7, 11) is 0. The smallest absolute Gasteiger partial charge is 0.322 e. The molecule has 0 bridgehead atoms. The number of carbonyl (C=O) groups excluding carboxylic acids is 2. The number of benzene rings is 1. The zero-order chi connectivity index (χ0) is 19.7. The molecule has 1 aromatic heterocycles.